The monoisotopic (exact) mass is 452 g/mol. The van der Waals surface area contributed by atoms with Gasteiger partial charge >= 0.3 is 5.97 Å². The van der Waals surface area contributed by atoms with Crippen LogP contribution in [0.4, 0.5) is 5.69 Å². The third-order valence-electron chi connectivity index (χ3n) is 5.36. The van der Waals surface area contributed by atoms with Crippen LogP contribution in [0.1, 0.15) is 6.92 Å². The molecule has 0 spiro atoms. The lowest BCUT2D eigenvalue weighted by atomic mass is 10.1. The van der Waals surface area contributed by atoms with E-state index < -0.39 is 22.0 Å². The quantitative estimate of drug-likeness (QED) is 0.586. The number of sulfonamides is 1. The van der Waals surface area contributed by atoms with Crippen LogP contribution in [0.15, 0.2) is 77.7 Å². The van der Waals surface area contributed by atoms with E-state index in [1.807, 2.05) is 54.6 Å². The molecule has 0 bridgehead atoms. The van der Waals surface area contributed by atoms with Crippen LogP contribution in [0.2, 0.25) is 0 Å². The first-order valence-corrected chi connectivity index (χ1v) is 11.6. The van der Waals surface area contributed by atoms with Gasteiger partial charge < -0.3 is 14.8 Å². The smallest absolute Gasteiger partial charge is 0.323 e. The molecular weight excluding hydrogens is 428 g/mol. The molecular formula is C24H24N2O5S. The fraction of sp³-hybridized carbons (Fsp3) is 0.208. The van der Waals surface area contributed by atoms with Crippen LogP contribution in [0.5, 0.6) is 11.5 Å². The lowest BCUT2D eigenvalue weighted by Gasteiger charge is -2.24. The van der Waals surface area contributed by atoms with Crippen LogP contribution in [0, 0.1) is 0 Å². The number of rotatable bonds is 5. The maximum atomic E-state index is 13.2. The normalized spacial score (nSPS) is 16.2. The summed E-state index contributed by atoms with van der Waals surface area (Å²) in [6.45, 7) is 2.01. The van der Waals surface area contributed by atoms with E-state index >= 15 is 0 Å². The lowest BCUT2D eigenvalue weighted by Crippen LogP contribution is -2.44. The Morgan fingerprint density at radius 1 is 0.969 bits per heavy atom. The number of nitrogens with one attached hydrogen (secondary N) is 1. The van der Waals surface area contributed by atoms with E-state index in [1.165, 1.54) is 20.1 Å². The van der Waals surface area contributed by atoms with Gasteiger partial charge in [-0.05, 0) is 42.3 Å². The first-order chi connectivity index (χ1) is 15.4. The van der Waals surface area contributed by atoms with Crippen LogP contribution < -0.4 is 10.1 Å². The van der Waals surface area contributed by atoms with Gasteiger partial charge in [0.05, 0.1) is 12.8 Å². The minimum Gasteiger partial charge on any atom is -0.468 e. The summed E-state index contributed by atoms with van der Waals surface area (Å²) < 4.78 is 38.2. The van der Waals surface area contributed by atoms with Gasteiger partial charge in [-0.2, -0.15) is 4.31 Å². The Hall–Kier alpha value is -3.36. The molecule has 0 fully saturated rings. The fourth-order valence-electron chi connectivity index (χ4n) is 3.65. The van der Waals surface area contributed by atoms with E-state index in [0.717, 1.165) is 15.4 Å². The molecule has 1 aliphatic rings. The molecule has 1 atom stereocenters. The molecule has 0 aliphatic carbocycles. The number of methoxy groups -OCH3 is 1. The zero-order valence-electron chi connectivity index (χ0n) is 17.8. The van der Waals surface area contributed by atoms with Crippen molar-refractivity contribution in [1.82, 2.24) is 4.31 Å². The molecule has 166 valence electrons. The molecule has 0 amide bonds. The highest BCUT2D eigenvalue weighted by Gasteiger charge is 2.36. The van der Waals surface area contributed by atoms with Crippen LogP contribution in [-0.2, 0) is 19.6 Å². The third-order valence-corrected chi connectivity index (χ3v) is 7.38. The molecule has 0 unspecified atom stereocenters. The number of nitrogens with zero attached hydrogens (tertiary/aromatic N) is 1. The predicted molar refractivity (Wildman–Crippen MR) is 122 cm³/mol. The largest absolute Gasteiger partial charge is 0.468 e. The topological polar surface area (TPSA) is 84.9 Å². The number of esters is 1. The maximum Gasteiger partial charge on any atom is 0.323 e. The summed E-state index contributed by atoms with van der Waals surface area (Å²) in [7, 11) is -2.64. The van der Waals surface area contributed by atoms with Gasteiger partial charge in [-0.15, -0.1) is 0 Å². The van der Waals surface area contributed by atoms with Crippen molar-refractivity contribution in [3.8, 4) is 22.6 Å². The molecule has 8 heteroatoms. The molecule has 3 aromatic rings. The van der Waals surface area contributed by atoms with Crippen LogP contribution >= 0.6 is 0 Å². The minimum absolute atomic E-state index is 0.0949. The van der Waals surface area contributed by atoms with Gasteiger partial charge in [-0.3, -0.25) is 4.79 Å². The second kappa shape index (κ2) is 9.02. The van der Waals surface area contributed by atoms with Gasteiger partial charge in [0.15, 0.2) is 0 Å². The molecule has 1 heterocycles. The van der Waals surface area contributed by atoms with E-state index in [2.05, 4.69) is 5.32 Å². The summed E-state index contributed by atoms with van der Waals surface area (Å²) in [4.78, 5) is 12.0. The van der Waals surface area contributed by atoms with Crippen molar-refractivity contribution in [2.45, 2.75) is 17.9 Å². The van der Waals surface area contributed by atoms with Crippen molar-refractivity contribution in [2.75, 3.05) is 25.5 Å². The maximum absolute atomic E-state index is 13.2. The Bertz CT molecular complexity index is 1210. The van der Waals surface area contributed by atoms with E-state index in [-0.39, 0.29) is 11.4 Å². The minimum atomic E-state index is -3.89. The van der Waals surface area contributed by atoms with Crippen molar-refractivity contribution in [3.63, 3.8) is 0 Å². The van der Waals surface area contributed by atoms with Gasteiger partial charge in [0.25, 0.3) is 0 Å². The first kappa shape index (κ1) is 21.9. The molecule has 32 heavy (non-hydrogen) atoms. The van der Waals surface area contributed by atoms with E-state index in [4.69, 9.17) is 9.47 Å². The van der Waals surface area contributed by atoms with E-state index in [0.29, 0.717) is 23.7 Å². The van der Waals surface area contributed by atoms with Crippen molar-refractivity contribution >= 4 is 21.7 Å². The summed E-state index contributed by atoms with van der Waals surface area (Å²) in [6, 6.07) is 21.6. The van der Waals surface area contributed by atoms with Crippen LogP contribution in [0.25, 0.3) is 11.1 Å². The van der Waals surface area contributed by atoms with E-state index in [9.17, 15) is 13.2 Å². The SMILES string of the molecule is COC(=O)[C@@H](C)N1CCNc2cc(Oc3ccc(-c4ccccc4)cc3)ccc2S1(=O)=O. The van der Waals surface area contributed by atoms with Crippen molar-refractivity contribution in [3.05, 3.63) is 72.8 Å². The molecule has 0 saturated heterocycles. The van der Waals surface area contributed by atoms with Gasteiger partial charge in [-0.25, -0.2) is 8.42 Å². The molecule has 4 rings (SSSR count). The molecule has 0 radical (unpaired) electrons. The Morgan fingerprint density at radius 3 is 2.31 bits per heavy atom. The van der Waals surface area contributed by atoms with Gasteiger partial charge in [0, 0.05) is 19.2 Å². The zero-order chi connectivity index (χ0) is 22.7. The van der Waals surface area contributed by atoms with E-state index in [1.54, 1.807) is 12.1 Å². The number of fused-ring (bicyclic) bond motifs is 1. The van der Waals surface area contributed by atoms with Crippen molar-refractivity contribution < 1.29 is 22.7 Å². The first-order valence-electron chi connectivity index (χ1n) is 10.2. The molecule has 0 saturated carbocycles. The molecule has 7 nitrogen and oxygen atoms in total. The summed E-state index contributed by atoms with van der Waals surface area (Å²) in [5.41, 5.74) is 2.62. The average Bonchev–Trinajstić information content (AvgIpc) is 2.94. The van der Waals surface area contributed by atoms with Gasteiger partial charge in [0.1, 0.15) is 22.4 Å². The van der Waals surface area contributed by atoms with Crippen LogP contribution in [0.3, 0.4) is 0 Å². The summed E-state index contributed by atoms with van der Waals surface area (Å²) in [5.74, 6) is 0.548. The second-order valence-corrected chi connectivity index (χ2v) is 9.25. The zero-order valence-corrected chi connectivity index (χ0v) is 18.6. The highest BCUT2D eigenvalue weighted by molar-refractivity contribution is 7.89. The molecule has 3 aromatic carbocycles. The Morgan fingerprint density at radius 2 is 1.62 bits per heavy atom. The van der Waals surface area contributed by atoms with Gasteiger partial charge in [-0.1, -0.05) is 42.5 Å². The summed E-state index contributed by atoms with van der Waals surface area (Å²) in [6.07, 6.45) is 0. The number of ether oxygens (including phenoxy) is 2. The number of hydrogen-bond donors (Lipinski definition) is 1. The predicted octanol–water partition coefficient (Wildman–Crippen LogP) is 4.12. The number of anilines is 1. The van der Waals surface area contributed by atoms with Crippen molar-refractivity contribution in [2.24, 2.45) is 0 Å². The van der Waals surface area contributed by atoms with Crippen molar-refractivity contribution in [1.29, 1.82) is 0 Å². The lowest BCUT2D eigenvalue weighted by molar-refractivity contribution is -0.144. The Kier molecular flexibility index (Phi) is 6.16. The second-order valence-electron chi connectivity index (χ2n) is 7.39. The highest BCUT2D eigenvalue weighted by atomic mass is 32.2. The Labute approximate surface area is 187 Å². The molecule has 0 aromatic heterocycles. The fourth-order valence-corrected chi connectivity index (χ4v) is 5.39. The standard InChI is InChI=1S/C24H24N2O5S/c1-17(24(27)30-2)26-15-14-25-22-16-21(12-13-23(22)32(26,28)29)31-20-10-8-19(9-11-20)18-6-4-3-5-7-18/h3-13,16-17,25H,14-15H2,1-2H3/t17-/m1/s1. The number of carbonyl (C=O) groups excluding carboxylic acids is 1. The number of benzene rings is 3. The number of carbonyl (C=O) groups is 1. The summed E-state index contributed by atoms with van der Waals surface area (Å²) >= 11 is 0. The molecule has 1 N–H and O–H groups in total. The highest BCUT2D eigenvalue weighted by Crippen LogP contribution is 2.34. The average molecular weight is 453 g/mol. The number of hydrogen-bond acceptors (Lipinski definition) is 6. The van der Waals surface area contributed by atoms with Gasteiger partial charge in [0.2, 0.25) is 10.0 Å². The van der Waals surface area contributed by atoms with Crippen LogP contribution in [-0.4, -0.2) is 44.9 Å². The summed E-state index contributed by atoms with van der Waals surface area (Å²) in [5, 5.41) is 3.13. The third kappa shape index (κ3) is 4.32. The Balaban J connectivity index is 1.57. The molecule has 1 aliphatic heterocycles.